The molecule has 0 amide bonds. The number of aromatic amines is 1. The van der Waals surface area contributed by atoms with Crippen molar-refractivity contribution in [1.82, 2.24) is 15.0 Å². The molecule has 4 rings (SSSR count). The summed E-state index contributed by atoms with van der Waals surface area (Å²) in [6, 6.07) is 19.6. The summed E-state index contributed by atoms with van der Waals surface area (Å²) < 4.78 is 0. The predicted octanol–water partition coefficient (Wildman–Crippen LogP) is 3.79. The van der Waals surface area contributed by atoms with E-state index in [1.165, 1.54) is 0 Å². The third-order valence-corrected chi connectivity index (χ3v) is 4.49. The molecule has 3 heterocycles. The summed E-state index contributed by atoms with van der Waals surface area (Å²) in [6.07, 6.45) is 3.10. The fraction of sp³-hybridized carbons (Fsp3) is 0.143. The van der Waals surface area contributed by atoms with E-state index in [4.69, 9.17) is 4.98 Å². The summed E-state index contributed by atoms with van der Waals surface area (Å²) in [4.78, 5) is 14.2. The van der Waals surface area contributed by atoms with Crippen LogP contribution in [0.3, 0.4) is 0 Å². The maximum atomic E-state index is 10.5. The number of rotatable bonds is 5. The van der Waals surface area contributed by atoms with Gasteiger partial charge in [-0.25, -0.2) is 9.97 Å². The first-order valence-corrected chi connectivity index (χ1v) is 8.56. The molecular formula is C21H20N4O. The first kappa shape index (κ1) is 16.3. The van der Waals surface area contributed by atoms with E-state index >= 15 is 0 Å². The van der Waals surface area contributed by atoms with Crippen LogP contribution in [0.25, 0.3) is 22.3 Å². The Labute approximate surface area is 152 Å². The van der Waals surface area contributed by atoms with E-state index < -0.39 is 6.10 Å². The van der Waals surface area contributed by atoms with E-state index in [1.54, 1.807) is 6.20 Å². The molecule has 4 aromatic rings. The van der Waals surface area contributed by atoms with E-state index in [2.05, 4.69) is 9.97 Å². The van der Waals surface area contributed by atoms with Crippen LogP contribution in [-0.2, 0) is 0 Å². The van der Waals surface area contributed by atoms with Crippen LogP contribution < -0.4 is 4.90 Å². The van der Waals surface area contributed by atoms with E-state index in [9.17, 15) is 5.11 Å². The van der Waals surface area contributed by atoms with Gasteiger partial charge in [-0.15, -0.1) is 0 Å². The first-order chi connectivity index (χ1) is 12.7. The molecule has 0 aliphatic rings. The van der Waals surface area contributed by atoms with Crippen LogP contribution >= 0.6 is 0 Å². The van der Waals surface area contributed by atoms with E-state index in [-0.39, 0.29) is 0 Å². The van der Waals surface area contributed by atoms with Crippen LogP contribution in [0.2, 0.25) is 0 Å². The van der Waals surface area contributed by atoms with E-state index in [1.807, 2.05) is 78.8 Å². The van der Waals surface area contributed by atoms with Gasteiger partial charge >= 0.3 is 0 Å². The van der Waals surface area contributed by atoms with Gasteiger partial charge in [0.15, 0.2) is 0 Å². The second-order valence-electron chi connectivity index (χ2n) is 6.29. The SMILES string of the molecule is CN(CC(O)c1ccccc1)c1cccc(-c2ccnc3[nH]ccc23)n1. The number of H-pyrrole nitrogens is 1. The minimum atomic E-state index is -0.566. The van der Waals surface area contributed by atoms with Crippen molar-refractivity contribution < 1.29 is 5.11 Å². The standard InChI is InChI=1S/C21H20N4O/c1-25(14-19(26)15-6-3-2-4-7-15)20-9-5-8-18(24-20)16-10-12-22-21-17(16)11-13-23-21/h2-13,19,26H,14H2,1H3,(H,22,23). The molecule has 0 bridgehead atoms. The Bertz CT molecular complexity index is 1010. The number of hydrogen-bond donors (Lipinski definition) is 2. The predicted molar refractivity (Wildman–Crippen MR) is 104 cm³/mol. The number of benzene rings is 1. The number of likely N-dealkylation sites (N-methyl/N-ethyl adjacent to an activating group) is 1. The van der Waals surface area contributed by atoms with Crippen LogP contribution in [0.15, 0.2) is 73.1 Å². The van der Waals surface area contributed by atoms with Gasteiger partial charge in [-0.1, -0.05) is 36.4 Å². The summed E-state index contributed by atoms with van der Waals surface area (Å²) in [5.74, 6) is 0.818. The van der Waals surface area contributed by atoms with Crippen molar-refractivity contribution in [3.63, 3.8) is 0 Å². The van der Waals surface area contributed by atoms with Crippen LogP contribution in [0, 0.1) is 0 Å². The monoisotopic (exact) mass is 344 g/mol. The summed E-state index contributed by atoms with van der Waals surface area (Å²) in [7, 11) is 1.94. The number of aromatic nitrogens is 3. The van der Waals surface area contributed by atoms with Gasteiger partial charge in [-0.3, -0.25) is 0 Å². The quantitative estimate of drug-likeness (QED) is 0.578. The minimum Gasteiger partial charge on any atom is -0.387 e. The van der Waals surface area contributed by atoms with Gasteiger partial charge in [0.1, 0.15) is 11.5 Å². The van der Waals surface area contributed by atoms with E-state index in [0.29, 0.717) is 6.54 Å². The normalized spacial score (nSPS) is 12.2. The van der Waals surface area contributed by atoms with Crippen molar-refractivity contribution in [2.75, 3.05) is 18.5 Å². The molecule has 0 saturated carbocycles. The highest BCUT2D eigenvalue weighted by Gasteiger charge is 2.13. The molecule has 2 N–H and O–H groups in total. The van der Waals surface area contributed by atoms with Gasteiger partial charge in [0.2, 0.25) is 0 Å². The topological polar surface area (TPSA) is 65.0 Å². The van der Waals surface area contributed by atoms with Gasteiger partial charge in [-0.05, 0) is 29.8 Å². The molecule has 1 aromatic carbocycles. The summed E-state index contributed by atoms with van der Waals surface area (Å²) >= 11 is 0. The number of nitrogens with one attached hydrogen (secondary N) is 1. The molecule has 130 valence electrons. The fourth-order valence-electron chi connectivity index (χ4n) is 3.10. The molecule has 3 aromatic heterocycles. The largest absolute Gasteiger partial charge is 0.387 e. The second kappa shape index (κ2) is 6.98. The number of aliphatic hydroxyl groups excluding tert-OH is 1. The lowest BCUT2D eigenvalue weighted by atomic mass is 10.1. The Hall–Kier alpha value is -3.18. The van der Waals surface area contributed by atoms with Crippen molar-refractivity contribution in [2.24, 2.45) is 0 Å². The number of aliphatic hydroxyl groups is 1. The molecule has 1 atom stereocenters. The van der Waals surface area contributed by atoms with Crippen LogP contribution in [0.4, 0.5) is 5.82 Å². The number of hydrogen-bond acceptors (Lipinski definition) is 4. The number of pyridine rings is 2. The minimum absolute atomic E-state index is 0.469. The van der Waals surface area contributed by atoms with Crippen molar-refractivity contribution in [3.05, 3.63) is 78.6 Å². The molecule has 0 fully saturated rings. The average Bonchev–Trinajstić information content (AvgIpc) is 3.17. The highest BCUT2D eigenvalue weighted by atomic mass is 16.3. The third-order valence-electron chi connectivity index (χ3n) is 4.49. The van der Waals surface area contributed by atoms with Crippen molar-refractivity contribution in [1.29, 1.82) is 0 Å². The van der Waals surface area contributed by atoms with Gasteiger partial charge in [-0.2, -0.15) is 0 Å². The zero-order valence-electron chi connectivity index (χ0n) is 14.5. The average molecular weight is 344 g/mol. The Morgan fingerprint density at radius 1 is 1.04 bits per heavy atom. The van der Waals surface area contributed by atoms with Crippen LogP contribution in [0.5, 0.6) is 0 Å². The highest BCUT2D eigenvalue weighted by Crippen LogP contribution is 2.27. The van der Waals surface area contributed by atoms with E-state index in [0.717, 1.165) is 33.7 Å². The van der Waals surface area contributed by atoms with Crippen molar-refractivity contribution in [3.8, 4) is 11.3 Å². The zero-order chi connectivity index (χ0) is 17.9. The lowest BCUT2D eigenvalue weighted by Gasteiger charge is -2.22. The van der Waals surface area contributed by atoms with Gasteiger partial charge in [0.05, 0.1) is 11.8 Å². The summed E-state index contributed by atoms with van der Waals surface area (Å²) in [5.41, 5.74) is 3.67. The molecule has 0 saturated heterocycles. The molecule has 0 spiro atoms. The lowest BCUT2D eigenvalue weighted by Crippen LogP contribution is -2.25. The molecular weight excluding hydrogens is 324 g/mol. The molecule has 0 aliphatic carbocycles. The van der Waals surface area contributed by atoms with Gasteiger partial charge in [0, 0.05) is 36.9 Å². The Kier molecular flexibility index (Phi) is 4.37. The maximum absolute atomic E-state index is 10.5. The third kappa shape index (κ3) is 3.17. The first-order valence-electron chi connectivity index (χ1n) is 8.56. The Morgan fingerprint density at radius 3 is 2.73 bits per heavy atom. The summed E-state index contributed by atoms with van der Waals surface area (Å²) in [6.45, 7) is 0.469. The second-order valence-corrected chi connectivity index (χ2v) is 6.29. The Balaban J connectivity index is 1.60. The molecule has 5 heteroatoms. The molecule has 0 aliphatic heterocycles. The van der Waals surface area contributed by atoms with Crippen LogP contribution in [-0.4, -0.2) is 33.7 Å². The lowest BCUT2D eigenvalue weighted by molar-refractivity contribution is 0.185. The smallest absolute Gasteiger partial charge is 0.137 e. The van der Waals surface area contributed by atoms with Crippen LogP contribution in [0.1, 0.15) is 11.7 Å². The Morgan fingerprint density at radius 2 is 1.88 bits per heavy atom. The fourth-order valence-corrected chi connectivity index (χ4v) is 3.10. The van der Waals surface area contributed by atoms with Gasteiger partial charge < -0.3 is 15.0 Å². The number of nitrogens with zero attached hydrogens (tertiary/aromatic N) is 3. The number of anilines is 1. The molecule has 1 unspecified atom stereocenters. The molecule has 5 nitrogen and oxygen atoms in total. The number of fused-ring (bicyclic) bond motifs is 1. The maximum Gasteiger partial charge on any atom is 0.137 e. The summed E-state index contributed by atoms with van der Waals surface area (Å²) in [5, 5.41) is 11.5. The van der Waals surface area contributed by atoms with Crippen molar-refractivity contribution in [2.45, 2.75) is 6.10 Å². The molecule has 26 heavy (non-hydrogen) atoms. The zero-order valence-corrected chi connectivity index (χ0v) is 14.5. The van der Waals surface area contributed by atoms with Crippen molar-refractivity contribution >= 4 is 16.9 Å². The highest BCUT2D eigenvalue weighted by molar-refractivity contribution is 5.91. The van der Waals surface area contributed by atoms with Gasteiger partial charge in [0.25, 0.3) is 0 Å². The molecule has 0 radical (unpaired) electrons.